The SMILES string of the molecule is CC12CCCCC1CCC1C2CCC2(C)C(CCCC(=O)NC(Cc3c[nH]c4ccccc34)C(=O)O)CCC12. The number of aromatic nitrogens is 1. The number of rotatable bonds is 8. The van der Waals surface area contributed by atoms with E-state index in [-0.39, 0.29) is 12.3 Å². The highest BCUT2D eigenvalue weighted by Gasteiger charge is 2.59. The van der Waals surface area contributed by atoms with Crippen molar-refractivity contribution >= 4 is 22.8 Å². The molecular weight excluding hydrogens is 484 g/mol. The molecule has 1 amide bonds. The Bertz CT molecular complexity index is 1200. The summed E-state index contributed by atoms with van der Waals surface area (Å²) in [4.78, 5) is 28.0. The van der Waals surface area contributed by atoms with Crippen LogP contribution in [0.4, 0.5) is 0 Å². The number of nitrogens with one attached hydrogen (secondary N) is 2. The van der Waals surface area contributed by atoms with Crippen molar-refractivity contribution in [1.29, 1.82) is 0 Å². The van der Waals surface area contributed by atoms with Crippen molar-refractivity contribution in [2.24, 2.45) is 40.4 Å². The van der Waals surface area contributed by atoms with Crippen LogP contribution >= 0.6 is 0 Å². The maximum absolute atomic E-state index is 12.9. The Labute approximate surface area is 233 Å². The predicted octanol–water partition coefficient (Wildman–Crippen LogP) is 7.50. The average molecular weight is 533 g/mol. The normalized spacial score (nSPS) is 36.5. The van der Waals surface area contributed by atoms with E-state index in [1.54, 1.807) is 0 Å². The monoisotopic (exact) mass is 532 g/mol. The second kappa shape index (κ2) is 10.6. The summed E-state index contributed by atoms with van der Waals surface area (Å²) in [6.07, 6.45) is 18.7. The largest absolute Gasteiger partial charge is 0.480 e. The fraction of sp³-hybridized carbons (Fsp3) is 0.706. The third-order valence-corrected chi connectivity index (χ3v) is 12.5. The molecule has 2 aromatic rings. The van der Waals surface area contributed by atoms with Crippen LogP contribution in [0.1, 0.15) is 103 Å². The molecule has 0 saturated heterocycles. The molecule has 1 aromatic heterocycles. The number of amides is 1. The van der Waals surface area contributed by atoms with E-state index in [4.69, 9.17) is 0 Å². The van der Waals surface area contributed by atoms with E-state index in [9.17, 15) is 14.7 Å². The number of carbonyl (C=O) groups is 2. The standard InChI is InChI=1S/C34H48N2O3/c1-33-18-6-5-8-23(33)13-15-26-27-16-14-24(34(27,2)19-17-28(26)33)9-7-12-31(37)36-30(32(38)39)20-22-21-35-29-11-4-3-10-25(22)29/h3-4,10-11,21,23-24,26-28,30,35H,5-9,12-20H2,1-2H3,(H,36,37)(H,38,39). The molecule has 5 nitrogen and oxygen atoms in total. The molecule has 4 aliphatic carbocycles. The van der Waals surface area contributed by atoms with Crippen molar-refractivity contribution in [3.63, 3.8) is 0 Å². The molecule has 0 radical (unpaired) electrons. The summed E-state index contributed by atoms with van der Waals surface area (Å²) < 4.78 is 0. The van der Waals surface area contributed by atoms with Crippen LogP contribution in [-0.4, -0.2) is 28.0 Å². The number of benzene rings is 1. The second-order valence-electron chi connectivity index (χ2n) is 14.1. The van der Waals surface area contributed by atoms with Gasteiger partial charge in [0.25, 0.3) is 0 Å². The predicted molar refractivity (Wildman–Crippen MR) is 155 cm³/mol. The van der Waals surface area contributed by atoms with Crippen molar-refractivity contribution in [2.45, 2.75) is 110 Å². The molecule has 0 aliphatic heterocycles. The van der Waals surface area contributed by atoms with Gasteiger partial charge in [0.05, 0.1) is 0 Å². The molecule has 6 rings (SSSR count). The van der Waals surface area contributed by atoms with Gasteiger partial charge in [0.1, 0.15) is 6.04 Å². The van der Waals surface area contributed by atoms with E-state index in [0.29, 0.717) is 23.2 Å². The quantitative estimate of drug-likeness (QED) is 0.329. The number of carboxylic acid groups (broad SMARTS) is 1. The summed E-state index contributed by atoms with van der Waals surface area (Å²) in [6, 6.07) is 6.98. The minimum atomic E-state index is -0.974. The topological polar surface area (TPSA) is 82.2 Å². The maximum atomic E-state index is 12.9. The van der Waals surface area contributed by atoms with E-state index >= 15 is 0 Å². The Hall–Kier alpha value is -2.30. The fourth-order valence-electron chi connectivity index (χ4n) is 10.4. The lowest BCUT2D eigenvalue weighted by atomic mass is 9.45. The molecule has 8 atom stereocenters. The van der Waals surface area contributed by atoms with Crippen LogP contribution in [0, 0.1) is 40.4 Å². The van der Waals surface area contributed by atoms with Crippen molar-refractivity contribution in [2.75, 3.05) is 0 Å². The number of carboxylic acids is 1. The van der Waals surface area contributed by atoms with E-state index < -0.39 is 12.0 Å². The van der Waals surface area contributed by atoms with Crippen molar-refractivity contribution in [3.05, 3.63) is 36.0 Å². The number of aromatic amines is 1. The molecule has 3 N–H and O–H groups in total. The smallest absolute Gasteiger partial charge is 0.326 e. The van der Waals surface area contributed by atoms with Gasteiger partial charge in [0.2, 0.25) is 5.91 Å². The number of fused-ring (bicyclic) bond motifs is 6. The molecule has 4 aliphatic rings. The molecule has 1 aromatic carbocycles. The van der Waals surface area contributed by atoms with E-state index in [2.05, 4.69) is 24.1 Å². The van der Waals surface area contributed by atoms with Crippen LogP contribution in [0.2, 0.25) is 0 Å². The fourth-order valence-corrected chi connectivity index (χ4v) is 10.4. The number of carbonyl (C=O) groups excluding carboxylic acids is 1. The van der Waals surface area contributed by atoms with Crippen LogP contribution in [-0.2, 0) is 16.0 Å². The molecule has 0 bridgehead atoms. The lowest BCUT2D eigenvalue weighted by Crippen LogP contribution is -2.52. The van der Waals surface area contributed by atoms with E-state index in [0.717, 1.165) is 53.0 Å². The van der Waals surface area contributed by atoms with Crippen molar-refractivity contribution in [1.82, 2.24) is 10.3 Å². The maximum Gasteiger partial charge on any atom is 0.326 e. The van der Waals surface area contributed by atoms with Gasteiger partial charge >= 0.3 is 5.97 Å². The zero-order valence-electron chi connectivity index (χ0n) is 24.0. The summed E-state index contributed by atoms with van der Waals surface area (Å²) in [6.45, 7) is 5.24. The van der Waals surface area contributed by atoms with Crippen LogP contribution in [0.3, 0.4) is 0 Å². The number of aliphatic carboxylic acids is 1. The van der Waals surface area contributed by atoms with Gasteiger partial charge < -0.3 is 15.4 Å². The minimum Gasteiger partial charge on any atom is -0.480 e. The first-order chi connectivity index (χ1) is 18.8. The molecule has 8 unspecified atom stereocenters. The van der Waals surface area contributed by atoms with Gasteiger partial charge in [-0.3, -0.25) is 4.79 Å². The summed E-state index contributed by atoms with van der Waals surface area (Å²) in [5, 5.41) is 13.7. The van der Waals surface area contributed by atoms with Gasteiger partial charge in [-0.15, -0.1) is 0 Å². The highest BCUT2D eigenvalue weighted by Crippen LogP contribution is 2.67. The summed E-state index contributed by atoms with van der Waals surface area (Å²) >= 11 is 0. The van der Waals surface area contributed by atoms with Crippen LogP contribution in [0.15, 0.2) is 30.5 Å². The Balaban J connectivity index is 1.03. The van der Waals surface area contributed by atoms with E-state index in [1.807, 2.05) is 30.5 Å². The van der Waals surface area contributed by atoms with Gasteiger partial charge in [-0.2, -0.15) is 0 Å². The first kappa shape index (κ1) is 26.9. The molecule has 39 heavy (non-hydrogen) atoms. The van der Waals surface area contributed by atoms with E-state index in [1.165, 1.54) is 64.2 Å². The summed E-state index contributed by atoms with van der Waals surface area (Å²) in [5.41, 5.74) is 2.93. The zero-order chi connectivity index (χ0) is 27.2. The number of H-pyrrole nitrogens is 1. The zero-order valence-corrected chi connectivity index (χ0v) is 24.0. The Kier molecular flexibility index (Phi) is 7.31. The highest BCUT2D eigenvalue weighted by molar-refractivity contribution is 5.86. The van der Waals surface area contributed by atoms with Crippen molar-refractivity contribution < 1.29 is 14.7 Å². The van der Waals surface area contributed by atoms with Crippen molar-refractivity contribution in [3.8, 4) is 0 Å². The molecule has 4 fully saturated rings. The Morgan fingerprint density at radius 2 is 1.82 bits per heavy atom. The molecule has 0 spiro atoms. The second-order valence-corrected chi connectivity index (χ2v) is 14.1. The molecule has 5 heteroatoms. The first-order valence-corrected chi connectivity index (χ1v) is 15.9. The van der Waals surface area contributed by atoms with Gasteiger partial charge in [0, 0.05) is 29.9 Å². The lowest BCUT2D eigenvalue weighted by molar-refractivity contribution is -0.141. The lowest BCUT2D eigenvalue weighted by Gasteiger charge is -2.60. The van der Waals surface area contributed by atoms with Gasteiger partial charge in [-0.1, -0.05) is 44.9 Å². The molecule has 1 heterocycles. The van der Waals surface area contributed by atoms with Gasteiger partial charge in [-0.25, -0.2) is 4.79 Å². The summed E-state index contributed by atoms with van der Waals surface area (Å²) in [5.74, 6) is 3.28. The molecule has 212 valence electrons. The van der Waals surface area contributed by atoms with Crippen LogP contribution in [0.25, 0.3) is 10.9 Å². The Morgan fingerprint density at radius 1 is 1.00 bits per heavy atom. The van der Waals surface area contributed by atoms with Crippen LogP contribution < -0.4 is 5.32 Å². The molecular formula is C34H48N2O3. The van der Waals surface area contributed by atoms with Crippen LogP contribution in [0.5, 0.6) is 0 Å². The number of hydrogen-bond acceptors (Lipinski definition) is 2. The summed E-state index contributed by atoms with van der Waals surface area (Å²) in [7, 11) is 0. The minimum absolute atomic E-state index is 0.130. The third kappa shape index (κ3) is 4.82. The highest BCUT2D eigenvalue weighted by atomic mass is 16.4. The number of para-hydroxylation sites is 1. The average Bonchev–Trinajstić information content (AvgIpc) is 3.48. The van der Waals surface area contributed by atoms with Gasteiger partial charge in [0.15, 0.2) is 0 Å². The first-order valence-electron chi connectivity index (χ1n) is 15.9. The number of hydrogen-bond donors (Lipinski definition) is 3. The Morgan fingerprint density at radius 3 is 2.67 bits per heavy atom. The third-order valence-electron chi connectivity index (χ3n) is 12.5. The molecule has 4 saturated carbocycles. The van der Waals surface area contributed by atoms with Gasteiger partial charge in [-0.05, 0) is 116 Å².